The zero-order chi connectivity index (χ0) is 47.9. The number of aliphatic hydroxyl groups excluding tert-OH is 5. The van der Waals surface area contributed by atoms with Crippen molar-refractivity contribution in [3.8, 4) is 39.9 Å². The molecule has 3 aromatic carbocycles. The highest BCUT2D eigenvalue weighted by Crippen LogP contribution is 2.58. The zero-order valence-corrected chi connectivity index (χ0v) is 37.6. The van der Waals surface area contributed by atoms with E-state index in [-0.39, 0.29) is 76.2 Å². The van der Waals surface area contributed by atoms with Crippen LogP contribution in [-0.4, -0.2) is 141 Å². The molecule has 20 nitrogen and oxygen atoms in total. The van der Waals surface area contributed by atoms with E-state index in [4.69, 9.17) is 47.0 Å². The predicted octanol–water partition coefficient (Wildman–Crippen LogP) is 3.35. The summed E-state index contributed by atoms with van der Waals surface area (Å²) in [4.78, 5) is 27.8. The quantitative estimate of drug-likeness (QED) is 0.0835. The summed E-state index contributed by atoms with van der Waals surface area (Å²) in [5, 5.41) is 90.2. The predicted molar refractivity (Wildman–Crippen MR) is 231 cm³/mol. The van der Waals surface area contributed by atoms with Crippen LogP contribution in [0, 0.1) is 0 Å². The minimum absolute atomic E-state index is 0.0116. The topological polar surface area (TPSA) is 292 Å². The van der Waals surface area contributed by atoms with Gasteiger partial charge in [0.25, 0.3) is 0 Å². The van der Waals surface area contributed by atoms with E-state index in [1.54, 1.807) is 20.8 Å². The van der Waals surface area contributed by atoms with Crippen LogP contribution in [0.3, 0.4) is 0 Å². The number of phenols is 3. The van der Waals surface area contributed by atoms with Crippen LogP contribution < -0.4 is 14.9 Å². The fraction of sp³-hybridized carbons (Fsp3) is 0.574. The van der Waals surface area contributed by atoms with Gasteiger partial charge in [-0.25, -0.2) is 4.79 Å². The Balaban J connectivity index is 0.960. The summed E-state index contributed by atoms with van der Waals surface area (Å²) in [6.07, 6.45) is -12.6. The van der Waals surface area contributed by atoms with Gasteiger partial charge in [0, 0.05) is 49.5 Å². The van der Waals surface area contributed by atoms with Crippen molar-refractivity contribution in [1.82, 2.24) is 0 Å². The van der Waals surface area contributed by atoms with E-state index in [9.17, 15) is 50.4 Å². The number of esters is 1. The normalized spacial score (nSPS) is 34.0. The smallest absolute Gasteiger partial charge is 0.342 e. The van der Waals surface area contributed by atoms with Crippen LogP contribution in [0.25, 0.3) is 33.1 Å². The van der Waals surface area contributed by atoms with Gasteiger partial charge in [0.2, 0.25) is 11.7 Å². The van der Waals surface area contributed by atoms with E-state index < -0.39 is 132 Å². The third-order valence-corrected chi connectivity index (χ3v) is 13.6. The lowest BCUT2D eigenvalue weighted by Crippen LogP contribution is -2.56. The fourth-order valence-corrected chi connectivity index (χ4v) is 10.3. The van der Waals surface area contributed by atoms with Gasteiger partial charge in [-0.1, -0.05) is 19.4 Å². The molecule has 0 radical (unpaired) electrons. The largest absolute Gasteiger partial charge is 0.506 e. The molecule has 9 rings (SSSR count). The highest BCUT2D eigenvalue weighted by atomic mass is 16.7. The molecule has 20 heteroatoms. The van der Waals surface area contributed by atoms with Gasteiger partial charge in [-0.15, -0.1) is 0 Å². The Morgan fingerprint density at radius 1 is 0.731 bits per heavy atom. The van der Waals surface area contributed by atoms with Gasteiger partial charge in [-0.2, -0.15) is 0 Å². The molecular formula is C47H56O20. The lowest BCUT2D eigenvalue weighted by atomic mass is 9.77. The van der Waals surface area contributed by atoms with Crippen molar-refractivity contribution in [3.63, 3.8) is 0 Å². The van der Waals surface area contributed by atoms with Crippen molar-refractivity contribution in [2.75, 3.05) is 14.2 Å². The molecule has 364 valence electrons. The van der Waals surface area contributed by atoms with E-state index in [2.05, 4.69) is 0 Å². The number of phenolic OH excluding ortho intramolecular Hbond substituents is 3. The van der Waals surface area contributed by atoms with Crippen LogP contribution >= 0.6 is 0 Å². The highest BCUT2D eigenvalue weighted by molar-refractivity contribution is 6.07. The lowest BCUT2D eigenvalue weighted by Gasteiger charge is -2.44. The minimum Gasteiger partial charge on any atom is -0.506 e. The molecule has 0 saturated carbocycles. The monoisotopic (exact) mass is 940 g/mol. The van der Waals surface area contributed by atoms with E-state index >= 15 is 0 Å². The Bertz CT molecular complexity index is 2590. The summed E-state index contributed by atoms with van der Waals surface area (Å²) in [6.45, 7) is 6.97. The number of carbonyl (C=O) groups is 1. The molecule has 0 spiro atoms. The minimum atomic E-state index is -1.76. The molecule has 4 aliphatic heterocycles. The molecule has 4 aromatic rings. The number of carbonyl (C=O) groups excluding carboxylic acids is 1. The Hall–Kier alpha value is -4.84. The molecule has 0 unspecified atom stereocenters. The van der Waals surface area contributed by atoms with Crippen molar-refractivity contribution >= 4 is 27.9 Å². The van der Waals surface area contributed by atoms with Crippen molar-refractivity contribution < 1.29 is 92.7 Å². The number of methoxy groups -OCH3 is 2. The highest BCUT2D eigenvalue weighted by Gasteiger charge is 2.47. The Labute approximate surface area is 383 Å². The maximum absolute atomic E-state index is 14.5. The maximum Gasteiger partial charge on any atom is 0.342 e. The number of aromatic hydroxyl groups is 3. The molecule has 0 bridgehead atoms. The van der Waals surface area contributed by atoms with E-state index in [0.29, 0.717) is 12.0 Å². The van der Waals surface area contributed by atoms with Gasteiger partial charge in [0.15, 0.2) is 35.4 Å². The van der Waals surface area contributed by atoms with Crippen molar-refractivity contribution in [1.29, 1.82) is 0 Å². The van der Waals surface area contributed by atoms with Gasteiger partial charge >= 0.3 is 5.97 Å². The first kappa shape index (κ1) is 47.2. The first-order valence-corrected chi connectivity index (χ1v) is 22.5. The average Bonchev–Trinajstić information content (AvgIpc) is 3.27. The summed E-state index contributed by atoms with van der Waals surface area (Å²) in [7, 11) is 2.70. The van der Waals surface area contributed by atoms with Crippen LogP contribution in [0.4, 0.5) is 0 Å². The summed E-state index contributed by atoms with van der Waals surface area (Å²) >= 11 is 0. The van der Waals surface area contributed by atoms with Crippen molar-refractivity contribution in [2.45, 2.75) is 158 Å². The second kappa shape index (κ2) is 18.2. The molecule has 1 aromatic heterocycles. The Kier molecular flexibility index (Phi) is 12.9. The van der Waals surface area contributed by atoms with Crippen LogP contribution in [0.5, 0.6) is 28.7 Å². The third kappa shape index (κ3) is 8.04. The fourth-order valence-electron chi connectivity index (χ4n) is 10.3. The van der Waals surface area contributed by atoms with Gasteiger partial charge in [0.1, 0.15) is 70.0 Å². The van der Waals surface area contributed by atoms with Crippen LogP contribution in [-0.2, 0) is 39.6 Å². The number of fused-ring (bicyclic) bond motifs is 6. The molecule has 1 aliphatic carbocycles. The van der Waals surface area contributed by atoms with E-state index in [0.717, 1.165) is 6.42 Å². The number of aliphatic hydroxyl groups is 5. The molecule has 3 fully saturated rings. The number of benzene rings is 3. The Morgan fingerprint density at radius 3 is 2.01 bits per heavy atom. The standard InChI is InChI=1S/C47H56O20/c1-7-8-20-11-19-12-21-31(39(53)30(19)47(57)63-20)33-34(42(56)37(21)51)45(59-6)46-35(41(33)55)40(54)32-24(65-46)9-10-25(38(32)52)64-27-13-22(48)43(17(3)61-27)66-28-14-23(49)44(18(4)62-28)67-29-15-26(58-5)36(50)16(2)60-29/h9-10,12,16-18,20,22-23,26-29,36-37,42-44,48-53,55-56H,7-8,11,13-15H2,1-6H3/t16-,17-,18-,20-,22-,23-,26-,27+,28+,29+,36-,37+,42+,43-,44-/m1/s1. The second-order valence-electron chi connectivity index (χ2n) is 18.0. The third-order valence-electron chi connectivity index (χ3n) is 13.6. The van der Waals surface area contributed by atoms with Crippen LogP contribution in [0.1, 0.15) is 99.1 Å². The number of hydrogen-bond acceptors (Lipinski definition) is 20. The first-order chi connectivity index (χ1) is 31.9. The molecule has 8 N–H and O–H groups in total. The number of ether oxygens (including phenoxy) is 9. The van der Waals surface area contributed by atoms with Gasteiger partial charge in [-0.05, 0) is 50.5 Å². The van der Waals surface area contributed by atoms with Crippen molar-refractivity contribution in [3.05, 3.63) is 50.7 Å². The first-order valence-electron chi connectivity index (χ1n) is 22.5. The van der Waals surface area contributed by atoms with Crippen LogP contribution in [0.15, 0.2) is 27.4 Å². The number of cyclic esters (lactones) is 1. The molecule has 3 saturated heterocycles. The summed E-state index contributed by atoms with van der Waals surface area (Å²) in [6, 6.07) is 4.09. The maximum atomic E-state index is 14.5. The number of hydrogen-bond donors (Lipinski definition) is 8. The van der Waals surface area contributed by atoms with Gasteiger partial charge in [0.05, 0.1) is 43.7 Å². The van der Waals surface area contributed by atoms with Crippen molar-refractivity contribution in [2.24, 2.45) is 0 Å². The second-order valence-corrected chi connectivity index (χ2v) is 18.0. The zero-order valence-electron chi connectivity index (χ0n) is 37.6. The molecule has 67 heavy (non-hydrogen) atoms. The van der Waals surface area contributed by atoms with Gasteiger partial charge in [-0.3, -0.25) is 4.79 Å². The molecule has 5 aliphatic rings. The lowest BCUT2D eigenvalue weighted by molar-refractivity contribution is -0.331. The number of rotatable bonds is 10. The molecule has 5 heterocycles. The summed E-state index contributed by atoms with van der Waals surface area (Å²) in [5.41, 5.74) is -2.11. The SMILES string of the molecule is CCC[C@@H]1Cc2cc3c(c(O)c2C(=O)O1)-c1c(c(OC)c2oc4ccc(O[C@H]5C[C@@H](O)[C@H](O[C@H]6C[C@@H](O)[C@H](O[C@H]7C[C@@H](OC)[C@H](O)[C@@H](C)O7)[C@@H](C)O6)[C@@H](C)O5)c(O)c4c(=O)c2c1O)[C@H](O)[C@H]3O. The molecular weight excluding hydrogens is 884 g/mol. The summed E-state index contributed by atoms with van der Waals surface area (Å²) < 4.78 is 58.8. The Morgan fingerprint density at radius 2 is 1.37 bits per heavy atom. The molecule has 0 amide bonds. The van der Waals surface area contributed by atoms with Gasteiger partial charge < -0.3 is 87.9 Å². The molecule has 15 atom stereocenters. The van der Waals surface area contributed by atoms with Crippen LogP contribution in [0.2, 0.25) is 0 Å². The van der Waals surface area contributed by atoms with E-state index in [1.807, 2.05) is 6.92 Å². The van der Waals surface area contributed by atoms with E-state index in [1.165, 1.54) is 32.4 Å². The average molecular weight is 941 g/mol. The summed E-state index contributed by atoms with van der Waals surface area (Å²) in [5.74, 6) is -3.48.